The van der Waals surface area contributed by atoms with Gasteiger partial charge in [-0.3, -0.25) is 9.99 Å². The molecule has 51 heavy (non-hydrogen) atoms. The van der Waals surface area contributed by atoms with Crippen LogP contribution in [0.5, 0.6) is 5.75 Å². The van der Waals surface area contributed by atoms with Crippen molar-refractivity contribution in [3.8, 4) is 23.7 Å². The number of hydrogen-bond donors (Lipinski definition) is 4. The predicted molar refractivity (Wildman–Crippen MR) is 188 cm³/mol. The van der Waals surface area contributed by atoms with Gasteiger partial charge in [0.1, 0.15) is 36.0 Å². The summed E-state index contributed by atoms with van der Waals surface area (Å²) in [5, 5.41) is 23.7. The van der Waals surface area contributed by atoms with Gasteiger partial charge in [-0.2, -0.15) is 19.1 Å². The molecule has 5 aromatic rings. The number of aromatic nitrogens is 1. The fraction of sp³-hybridized carbons (Fsp3) is 0.132. The van der Waals surface area contributed by atoms with Gasteiger partial charge in [-0.15, -0.1) is 12.6 Å². The van der Waals surface area contributed by atoms with Crippen LogP contribution in [0.1, 0.15) is 39.1 Å². The largest absolute Gasteiger partial charge is 0.489 e. The van der Waals surface area contributed by atoms with E-state index in [2.05, 4.69) is 47.5 Å². The molecule has 1 atom stereocenters. The molecule has 0 unspecified atom stereocenters. The second-order valence-corrected chi connectivity index (χ2v) is 11.7. The topological polar surface area (TPSA) is 134 Å². The normalized spacial score (nSPS) is 12.1. The summed E-state index contributed by atoms with van der Waals surface area (Å²) in [6.45, 7) is 1.30. The van der Waals surface area contributed by atoms with Crippen LogP contribution in [0.15, 0.2) is 119 Å². The molecule has 0 aliphatic carbocycles. The lowest BCUT2D eigenvalue weighted by molar-refractivity contribution is -0.203. The van der Waals surface area contributed by atoms with Gasteiger partial charge in [-0.1, -0.05) is 41.7 Å². The monoisotopic (exact) mass is 712 g/mol. The van der Waals surface area contributed by atoms with E-state index >= 15 is 8.78 Å². The number of hydrazine groups is 1. The van der Waals surface area contributed by atoms with Crippen molar-refractivity contribution in [1.29, 1.82) is 5.26 Å². The molecule has 0 aliphatic rings. The zero-order valence-electron chi connectivity index (χ0n) is 27.1. The fourth-order valence-electron chi connectivity index (χ4n) is 4.60. The third-order valence-corrected chi connectivity index (χ3v) is 7.63. The van der Waals surface area contributed by atoms with Gasteiger partial charge in [-0.05, 0) is 85.3 Å². The molecule has 4 aromatic carbocycles. The zero-order chi connectivity index (χ0) is 37.0. The number of aliphatic hydroxyl groups is 1. The highest BCUT2D eigenvalue weighted by atomic mass is 32.1. The molecule has 1 heterocycles. The van der Waals surface area contributed by atoms with E-state index in [0.29, 0.717) is 40.6 Å². The van der Waals surface area contributed by atoms with Crippen molar-refractivity contribution in [3.05, 3.63) is 160 Å². The van der Waals surface area contributed by atoms with Gasteiger partial charge < -0.3 is 15.7 Å². The predicted octanol–water partition coefficient (Wildman–Crippen LogP) is 6.55. The Labute approximate surface area is 298 Å². The zero-order valence-corrected chi connectivity index (χ0v) is 28.0. The summed E-state index contributed by atoms with van der Waals surface area (Å²) >= 11 is 4.13. The van der Waals surface area contributed by atoms with Crippen LogP contribution in [0.3, 0.4) is 0 Å². The summed E-state index contributed by atoms with van der Waals surface area (Å²) < 4.78 is 65.5. The highest BCUT2D eigenvalue weighted by molar-refractivity contribution is 7.80. The smallest absolute Gasteiger partial charge is 0.323 e. The molecule has 5 N–H and O–H groups in total. The number of nitrogens with two attached hydrogens (primary N) is 2. The van der Waals surface area contributed by atoms with Crippen molar-refractivity contribution in [3.63, 3.8) is 0 Å². The Morgan fingerprint density at radius 3 is 2.12 bits per heavy atom. The quantitative estimate of drug-likeness (QED) is 0.0259. The van der Waals surface area contributed by atoms with Gasteiger partial charge in [0.15, 0.2) is 5.60 Å². The molecule has 0 saturated carbocycles. The molecule has 13 heteroatoms. The van der Waals surface area contributed by atoms with Gasteiger partial charge in [0.2, 0.25) is 0 Å². The van der Waals surface area contributed by atoms with Gasteiger partial charge in [0, 0.05) is 33.8 Å². The number of nitriles is 1. The summed E-state index contributed by atoms with van der Waals surface area (Å²) in [6.07, 6.45) is 1.83. The molecule has 5 rings (SSSR count). The van der Waals surface area contributed by atoms with Crippen LogP contribution in [0.4, 0.5) is 17.6 Å². The number of thiol groups is 1. The first-order valence-electron chi connectivity index (χ1n) is 15.1. The molecule has 0 bridgehead atoms. The molecule has 260 valence electrons. The van der Waals surface area contributed by atoms with Crippen LogP contribution in [-0.4, -0.2) is 28.0 Å². The average Bonchev–Trinajstić information content (AvgIpc) is 3.12. The summed E-state index contributed by atoms with van der Waals surface area (Å²) in [5.74, 6) is 10.3. The number of halogens is 4. The number of ether oxygens (including phenoxy) is 1. The highest BCUT2D eigenvalue weighted by Gasteiger charge is 2.58. The first-order valence-corrected chi connectivity index (χ1v) is 15.6. The van der Waals surface area contributed by atoms with Crippen molar-refractivity contribution in [2.45, 2.75) is 29.9 Å². The minimum atomic E-state index is -4.22. The third kappa shape index (κ3) is 10.1. The second-order valence-electron chi connectivity index (χ2n) is 11.1. The Balaban J connectivity index is 0.000000641. The van der Waals surface area contributed by atoms with E-state index in [4.69, 9.17) is 21.7 Å². The molecule has 0 aliphatic heterocycles. The number of aryl methyl sites for hydroxylation is 1. The molecule has 0 amide bonds. The van der Waals surface area contributed by atoms with E-state index < -0.39 is 41.0 Å². The number of alkyl halides is 2. The van der Waals surface area contributed by atoms with Crippen LogP contribution < -0.4 is 16.4 Å². The highest BCUT2D eigenvalue weighted by Crippen LogP contribution is 2.46. The van der Waals surface area contributed by atoms with Crippen LogP contribution in [-0.2, 0) is 18.1 Å². The van der Waals surface area contributed by atoms with Crippen LogP contribution in [0.2, 0.25) is 0 Å². The Kier molecular flexibility index (Phi) is 12.8. The Morgan fingerprint density at radius 1 is 0.922 bits per heavy atom. The number of hydrazone groups is 1. The van der Waals surface area contributed by atoms with E-state index in [1.165, 1.54) is 11.6 Å². The summed E-state index contributed by atoms with van der Waals surface area (Å²) in [6, 6.07) is 28.0. The number of pyridine rings is 1. The maximum absolute atomic E-state index is 15.8. The van der Waals surface area contributed by atoms with E-state index in [9.17, 15) is 13.9 Å². The minimum Gasteiger partial charge on any atom is -0.489 e. The molecule has 0 fully saturated rings. The average molecular weight is 713 g/mol. The van der Waals surface area contributed by atoms with Crippen LogP contribution in [0, 0.1) is 41.7 Å². The maximum Gasteiger partial charge on any atom is 0.323 e. The number of rotatable bonds is 9. The van der Waals surface area contributed by atoms with Crippen molar-refractivity contribution < 1.29 is 27.4 Å². The number of nitrogens with zero attached hydrogens (tertiary/aromatic N) is 4. The standard InChI is InChI=1S/C31H24F4N6O2.C7H8S/c32-25-10-13-27(28(33)15-25)30(42,19-41(38)20-40-37)31(34,35)29-14-9-23(17-39-29)4-1-21-7-11-26(12-8-21)43-18-24-5-2-22(16-36)3-6-24;1-6-2-4-7(8)5-3-6/h2-3,5-15,17,20,42H,18-19,37-38H2;2-5,8H,1H3/b40-20-;/t30-;/m1./s1. The Hall–Kier alpha value is -5.86. The lowest BCUT2D eigenvalue weighted by Gasteiger charge is -2.37. The van der Waals surface area contributed by atoms with Crippen molar-refractivity contribution in [2.24, 2.45) is 16.8 Å². The first-order chi connectivity index (χ1) is 24.3. The van der Waals surface area contributed by atoms with Gasteiger partial charge in [0.05, 0.1) is 18.2 Å². The Bertz CT molecular complexity index is 2020. The molecule has 0 saturated heterocycles. The van der Waals surface area contributed by atoms with Crippen molar-refractivity contribution in [1.82, 2.24) is 9.99 Å². The maximum atomic E-state index is 15.8. The third-order valence-electron chi connectivity index (χ3n) is 7.34. The molecule has 0 spiro atoms. The molecular weight excluding hydrogens is 681 g/mol. The number of benzene rings is 4. The summed E-state index contributed by atoms with van der Waals surface area (Å²) in [7, 11) is 0. The lowest BCUT2D eigenvalue weighted by atomic mass is 9.84. The minimum absolute atomic E-state index is 0.285. The van der Waals surface area contributed by atoms with E-state index in [0.717, 1.165) is 35.1 Å². The summed E-state index contributed by atoms with van der Waals surface area (Å²) in [5.41, 5.74) is -1.48. The van der Waals surface area contributed by atoms with Crippen LogP contribution in [0.25, 0.3) is 0 Å². The first kappa shape index (κ1) is 38.0. The SMILES string of the molecule is Cc1ccc(S)cc1.N#Cc1ccc(COc2ccc(C#Cc3ccc(C(F)(F)[C@@](O)(CN(N)/C=N\N)c4ccc(F)cc4F)nc3)cc2)cc1. The van der Waals surface area contributed by atoms with Gasteiger partial charge in [-0.25, -0.2) is 14.6 Å². The Morgan fingerprint density at radius 2 is 1.55 bits per heavy atom. The van der Waals surface area contributed by atoms with Crippen LogP contribution >= 0.6 is 12.6 Å². The van der Waals surface area contributed by atoms with Gasteiger partial charge >= 0.3 is 5.92 Å². The molecular formula is C38H32F4N6O2S. The lowest BCUT2D eigenvalue weighted by Crippen LogP contribution is -2.53. The second kappa shape index (κ2) is 17.2. The van der Waals surface area contributed by atoms with E-state index in [1.54, 1.807) is 48.5 Å². The number of hydrogen-bond acceptors (Lipinski definition) is 8. The van der Waals surface area contributed by atoms with E-state index in [-0.39, 0.29) is 5.56 Å². The van der Waals surface area contributed by atoms with Crippen molar-refractivity contribution >= 4 is 19.0 Å². The molecule has 1 aromatic heterocycles. The fourth-order valence-corrected chi connectivity index (χ4v) is 4.75. The molecule has 0 radical (unpaired) electrons. The van der Waals surface area contributed by atoms with Crippen molar-refractivity contribution in [2.75, 3.05) is 6.54 Å². The van der Waals surface area contributed by atoms with E-state index in [1.807, 2.05) is 24.3 Å². The molecule has 8 nitrogen and oxygen atoms in total. The van der Waals surface area contributed by atoms with Gasteiger partial charge in [0.25, 0.3) is 0 Å². The summed E-state index contributed by atoms with van der Waals surface area (Å²) in [4.78, 5) is 4.79.